The molecule has 0 aliphatic carbocycles. The predicted molar refractivity (Wildman–Crippen MR) is 121 cm³/mol. The van der Waals surface area contributed by atoms with Crippen molar-refractivity contribution in [3.63, 3.8) is 0 Å². The Labute approximate surface area is 176 Å². The van der Waals surface area contributed by atoms with E-state index in [9.17, 15) is 4.79 Å². The number of aliphatic imine (C=N–C) groups is 1. The van der Waals surface area contributed by atoms with Crippen LogP contribution in [-0.2, 0) is 17.9 Å². The van der Waals surface area contributed by atoms with Crippen molar-refractivity contribution in [2.24, 2.45) is 4.99 Å². The van der Waals surface area contributed by atoms with Crippen molar-refractivity contribution in [2.45, 2.75) is 32.4 Å². The highest BCUT2D eigenvalue weighted by Crippen LogP contribution is 2.21. The number of aryl methyl sites for hydroxylation is 1. The normalized spacial score (nSPS) is 14.5. The van der Waals surface area contributed by atoms with E-state index in [1.807, 2.05) is 41.6 Å². The van der Waals surface area contributed by atoms with Crippen LogP contribution in [-0.4, -0.2) is 41.6 Å². The van der Waals surface area contributed by atoms with Gasteiger partial charge in [-0.3, -0.25) is 9.79 Å². The number of hydrogen-bond donors (Lipinski definition) is 2. The molecule has 7 nitrogen and oxygen atoms in total. The number of benzene rings is 2. The zero-order chi connectivity index (χ0) is 20.8. The van der Waals surface area contributed by atoms with Gasteiger partial charge >= 0.3 is 0 Å². The molecule has 0 spiro atoms. The topological polar surface area (TPSA) is 74.6 Å². The Kier molecular flexibility index (Phi) is 6.27. The summed E-state index contributed by atoms with van der Waals surface area (Å²) < 4.78 is 2.18. The fourth-order valence-corrected chi connectivity index (χ4v) is 3.77. The highest BCUT2D eigenvalue weighted by atomic mass is 16.2. The second kappa shape index (κ2) is 9.43. The standard InChI is InChI=1S/C23H28N6O/c1-24-23(25-13-5-14-28-17-27-20-6-2-3-7-21(20)28)26-16-18-9-11-19(12-10-18)29-15-4-8-22(29)30/h2-3,6-7,9-12,17H,4-5,8,13-16H2,1H3,(H2,24,25,26). The first-order valence-corrected chi connectivity index (χ1v) is 10.5. The van der Waals surface area contributed by atoms with Gasteiger partial charge in [-0.25, -0.2) is 4.98 Å². The summed E-state index contributed by atoms with van der Waals surface area (Å²) in [4.78, 5) is 22.5. The van der Waals surface area contributed by atoms with Gasteiger partial charge in [0.1, 0.15) is 0 Å². The smallest absolute Gasteiger partial charge is 0.227 e. The number of hydrogen-bond acceptors (Lipinski definition) is 3. The van der Waals surface area contributed by atoms with E-state index < -0.39 is 0 Å². The average Bonchev–Trinajstić information content (AvgIpc) is 3.40. The number of nitrogens with one attached hydrogen (secondary N) is 2. The van der Waals surface area contributed by atoms with E-state index in [2.05, 4.69) is 43.4 Å². The molecule has 7 heteroatoms. The van der Waals surface area contributed by atoms with E-state index >= 15 is 0 Å². The minimum absolute atomic E-state index is 0.217. The van der Waals surface area contributed by atoms with Gasteiger partial charge in [0.2, 0.25) is 5.91 Å². The molecule has 2 heterocycles. The second-order valence-electron chi connectivity index (χ2n) is 7.45. The predicted octanol–water partition coefficient (Wildman–Crippen LogP) is 2.92. The molecule has 1 fully saturated rings. The lowest BCUT2D eigenvalue weighted by Crippen LogP contribution is -2.37. The first-order chi connectivity index (χ1) is 14.7. The lowest BCUT2D eigenvalue weighted by molar-refractivity contribution is -0.117. The van der Waals surface area contributed by atoms with Crippen molar-refractivity contribution in [3.05, 3.63) is 60.4 Å². The summed E-state index contributed by atoms with van der Waals surface area (Å²) in [5.74, 6) is 0.999. The van der Waals surface area contributed by atoms with E-state index in [-0.39, 0.29) is 5.91 Å². The van der Waals surface area contributed by atoms with Gasteiger partial charge in [0.25, 0.3) is 0 Å². The molecule has 2 N–H and O–H groups in total. The third-order valence-electron chi connectivity index (χ3n) is 5.40. The summed E-state index contributed by atoms with van der Waals surface area (Å²) >= 11 is 0. The zero-order valence-corrected chi connectivity index (χ0v) is 17.3. The molecule has 0 radical (unpaired) electrons. The maximum absolute atomic E-state index is 11.9. The number of guanidine groups is 1. The SMILES string of the molecule is CN=C(NCCCn1cnc2ccccc21)NCc1ccc(N2CCCC2=O)cc1. The van der Waals surface area contributed by atoms with Gasteiger partial charge in [0.05, 0.1) is 17.4 Å². The third kappa shape index (κ3) is 4.62. The first-order valence-electron chi connectivity index (χ1n) is 10.5. The number of carbonyl (C=O) groups excluding carboxylic acids is 1. The summed E-state index contributed by atoms with van der Waals surface area (Å²) in [7, 11) is 1.78. The Morgan fingerprint density at radius 1 is 1.13 bits per heavy atom. The summed E-state index contributed by atoms with van der Waals surface area (Å²) in [5, 5.41) is 6.71. The number of nitrogens with zero attached hydrogens (tertiary/aromatic N) is 4. The molecule has 2 aromatic carbocycles. The zero-order valence-electron chi connectivity index (χ0n) is 17.3. The molecule has 0 unspecified atom stereocenters. The fourth-order valence-electron chi connectivity index (χ4n) is 3.77. The largest absolute Gasteiger partial charge is 0.356 e. The van der Waals surface area contributed by atoms with Gasteiger partial charge in [0, 0.05) is 45.3 Å². The molecule has 1 aliphatic heterocycles. The van der Waals surface area contributed by atoms with Crippen molar-refractivity contribution in [3.8, 4) is 0 Å². The molecule has 3 aromatic rings. The minimum atomic E-state index is 0.217. The van der Waals surface area contributed by atoms with Gasteiger partial charge in [-0.1, -0.05) is 24.3 Å². The number of imidazole rings is 1. The number of anilines is 1. The van der Waals surface area contributed by atoms with Crippen LogP contribution in [0, 0.1) is 0 Å². The van der Waals surface area contributed by atoms with Crippen molar-refractivity contribution >= 4 is 28.6 Å². The lowest BCUT2D eigenvalue weighted by atomic mass is 10.2. The van der Waals surface area contributed by atoms with Crippen molar-refractivity contribution in [1.29, 1.82) is 0 Å². The molecule has 4 rings (SSSR count). The van der Waals surface area contributed by atoms with Crippen molar-refractivity contribution < 1.29 is 4.79 Å². The van der Waals surface area contributed by atoms with Crippen LogP contribution < -0.4 is 15.5 Å². The van der Waals surface area contributed by atoms with Crippen LogP contribution in [0.25, 0.3) is 11.0 Å². The van der Waals surface area contributed by atoms with Crippen molar-refractivity contribution in [1.82, 2.24) is 20.2 Å². The Morgan fingerprint density at radius 3 is 2.73 bits per heavy atom. The van der Waals surface area contributed by atoms with E-state index in [4.69, 9.17) is 0 Å². The van der Waals surface area contributed by atoms with Gasteiger partial charge in [0.15, 0.2) is 5.96 Å². The molecule has 156 valence electrons. The first kappa shape index (κ1) is 19.9. The molecule has 0 bridgehead atoms. The highest BCUT2D eigenvalue weighted by molar-refractivity contribution is 5.95. The maximum Gasteiger partial charge on any atom is 0.227 e. The van der Waals surface area contributed by atoms with Crippen LogP contribution in [0.5, 0.6) is 0 Å². The monoisotopic (exact) mass is 404 g/mol. The summed E-state index contributed by atoms with van der Waals surface area (Å²) in [6.07, 6.45) is 4.47. The van der Waals surface area contributed by atoms with Crippen LogP contribution in [0.2, 0.25) is 0 Å². The summed E-state index contributed by atoms with van der Waals surface area (Å²) in [6, 6.07) is 16.3. The third-order valence-corrected chi connectivity index (χ3v) is 5.40. The minimum Gasteiger partial charge on any atom is -0.356 e. The van der Waals surface area contributed by atoms with Crippen LogP contribution in [0.3, 0.4) is 0 Å². The number of amides is 1. The van der Waals surface area contributed by atoms with E-state index in [1.54, 1.807) is 7.05 Å². The molecule has 30 heavy (non-hydrogen) atoms. The highest BCUT2D eigenvalue weighted by Gasteiger charge is 2.21. The Morgan fingerprint density at radius 2 is 1.97 bits per heavy atom. The average molecular weight is 405 g/mol. The van der Waals surface area contributed by atoms with Crippen LogP contribution in [0.15, 0.2) is 59.9 Å². The molecule has 1 amide bonds. The Hall–Kier alpha value is -3.35. The Bertz CT molecular complexity index is 1020. The second-order valence-corrected chi connectivity index (χ2v) is 7.45. The maximum atomic E-state index is 11.9. The van der Waals surface area contributed by atoms with Gasteiger partial charge < -0.3 is 20.1 Å². The van der Waals surface area contributed by atoms with E-state index in [1.165, 1.54) is 5.52 Å². The van der Waals surface area contributed by atoms with Gasteiger partial charge in [-0.2, -0.15) is 0 Å². The Balaban J connectivity index is 1.21. The number of carbonyl (C=O) groups is 1. The number of para-hydroxylation sites is 2. The number of fused-ring (bicyclic) bond motifs is 1. The van der Waals surface area contributed by atoms with Crippen LogP contribution >= 0.6 is 0 Å². The molecule has 0 saturated carbocycles. The lowest BCUT2D eigenvalue weighted by Gasteiger charge is -2.16. The molecular formula is C23H28N6O. The molecule has 1 saturated heterocycles. The van der Waals surface area contributed by atoms with E-state index in [0.717, 1.165) is 55.2 Å². The van der Waals surface area contributed by atoms with Gasteiger partial charge in [-0.15, -0.1) is 0 Å². The van der Waals surface area contributed by atoms with Crippen LogP contribution in [0.4, 0.5) is 5.69 Å². The number of aromatic nitrogens is 2. The van der Waals surface area contributed by atoms with Crippen LogP contribution in [0.1, 0.15) is 24.8 Å². The quantitative estimate of drug-likeness (QED) is 0.361. The summed E-state index contributed by atoms with van der Waals surface area (Å²) in [6.45, 7) is 3.23. The fraction of sp³-hybridized carbons (Fsp3) is 0.348. The molecule has 1 aliphatic rings. The molecule has 0 atom stereocenters. The molecule has 1 aromatic heterocycles. The van der Waals surface area contributed by atoms with Crippen molar-refractivity contribution in [2.75, 3.05) is 25.0 Å². The molecular weight excluding hydrogens is 376 g/mol. The van der Waals surface area contributed by atoms with E-state index in [0.29, 0.717) is 13.0 Å². The summed E-state index contributed by atoms with van der Waals surface area (Å²) in [5.41, 5.74) is 4.33. The number of rotatable bonds is 7. The van der Waals surface area contributed by atoms with Gasteiger partial charge in [-0.05, 0) is 42.7 Å².